The Morgan fingerprint density at radius 2 is 0.983 bits per heavy atom. The predicted octanol–water partition coefficient (Wildman–Crippen LogP) is 13.2. The van der Waals surface area contributed by atoms with Crippen molar-refractivity contribution in [2.45, 2.75) is 187 Å². The van der Waals surface area contributed by atoms with Gasteiger partial charge in [-0.05, 0) is 51.4 Å². The average molecular weight is 837 g/mol. The van der Waals surface area contributed by atoms with Gasteiger partial charge < -0.3 is 18.9 Å². The molecule has 0 aromatic rings. The van der Waals surface area contributed by atoms with E-state index < -0.39 is 26.5 Å². The summed E-state index contributed by atoms with van der Waals surface area (Å²) in [6.45, 7) is 4.25. The van der Waals surface area contributed by atoms with Crippen molar-refractivity contribution in [3.8, 4) is 0 Å². The number of allylic oxidation sites excluding steroid dienone is 10. The van der Waals surface area contributed by atoms with Gasteiger partial charge in [0.05, 0.1) is 27.7 Å². The number of esters is 2. The number of nitrogens with zero attached hydrogens (tertiary/aromatic N) is 1. The third-order valence-corrected chi connectivity index (χ3v) is 10.5. The normalized spacial score (nSPS) is 14.1. The molecule has 58 heavy (non-hydrogen) atoms. The van der Waals surface area contributed by atoms with Gasteiger partial charge >= 0.3 is 19.8 Å². The molecule has 0 aliphatic heterocycles. The predicted molar refractivity (Wildman–Crippen MR) is 243 cm³/mol. The Hall–Kier alpha value is -2.29. The van der Waals surface area contributed by atoms with Crippen LogP contribution in [-0.2, 0) is 32.7 Å². The van der Waals surface area contributed by atoms with Crippen LogP contribution in [-0.4, -0.2) is 74.9 Å². The summed E-state index contributed by atoms with van der Waals surface area (Å²) in [7, 11) is 1.44. The van der Waals surface area contributed by atoms with Crippen LogP contribution in [0.4, 0.5) is 0 Å². The van der Waals surface area contributed by atoms with Crippen molar-refractivity contribution in [3.05, 3.63) is 60.8 Å². The third-order valence-electron chi connectivity index (χ3n) is 9.56. The number of ether oxygens (including phenoxy) is 2. The number of hydrogen-bond acceptors (Lipinski definition) is 7. The number of rotatable bonds is 41. The topological polar surface area (TPSA) is 108 Å². The molecule has 0 heterocycles. The second kappa shape index (κ2) is 40.1. The maximum Gasteiger partial charge on any atom is 0.472 e. The highest BCUT2D eigenvalue weighted by Gasteiger charge is 2.27. The summed E-state index contributed by atoms with van der Waals surface area (Å²) in [5.41, 5.74) is 0. The molecule has 2 atom stereocenters. The van der Waals surface area contributed by atoms with Crippen molar-refractivity contribution in [2.24, 2.45) is 0 Å². The second-order valence-electron chi connectivity index (χ2n) is 16.4. The van der Waals surface area contributed by atoms with Crippen LogP contribution in [0.25, 0.3) is 0 Å². The Labute approximate surface area is 356 Å². The van der Waals surface area contributed by atoms with Crippen molar-refractivity contribution in [2.75, 3.05) is 47.5 Å². The molecule has 0 fully saturated rings. The first-order valence-corrected chi connectivity index (χ1v) is 24.5. The molecule has 0 rings (SSSR count). The van der Waals surface area contributed by atoms with Crippen LogP contribution in [0, 0.1) is 0 Å². The van der Waals surface area contributed by atoms with Crippen molar-refractivity contribution >= 4 is 19.8 Å². The van der Waals surface area contributed by atoms with Gasteiger partial charge in [0, 0.05) is 12.8 Å². The van der Waals surface area contributed by atoms with Crippen LogP contribution in [0.5, 0.6) is 0 Å². The number of phosphoric ester groups is 1. The molecule has 0 aliphatic carbocycles. The Kier molecular flexibility index (Phi) is 38.5. The van der Waals surface area contributed by atoms with Gasteiger partial charge in [0.15, 0.2) is 6.10 Å². The van der Waals surface area contributed by atoms with Crippen LogP contribution < -0.4 is 0 Å². The first-order chi connectivity index (χ1) is 28.0. The summed E-state index contributed by atoms with van der Waals surface area (Å²) in [6.07, 6.45) is 48.5. The smallest absolute Gasteiger partial charge is 0.462 e. The van der Waals surface area contributed by atoms with Gasteiger partial charge in [-0.3, -0.25) is 18.6 Å². The quantitative estimate of drug-likeness (QED) is 0.0213. The van der Waals surface area contributed by atoms with E-state index in [1.54, 1.807) is 0 Å². The number of hydrogen-bond donors (Lipinski definition) is 1. The van der Waals surface area contributed by atoms with Crippen molar-refractivity contribution in [3.63, 3.8) is 0 Å². The molecule has 10 heteroatoms. The monoisotopic (exact) mass is 837 g/mol. The fourth-order valence-corrected chi connectivity index (χ4v) is 6.73. The maximum atomic E-state index is 12.7. The van der Waals surface area contributed by atoms with Crippen LogP contribution in [0.3, 0.4) is 0 Å². The van der Waals surface area contributed by atoms with E-state index in [0.29, 0.717) is 23.9 Å². The zero-order valence-electron chi connectivity index (χ0n) is 37.8. The fourth-order valence-electron chi connectivity index (χ4n) is 5.99. The second-order valence-corrected chi connectivity index (χ2v) is 17.9. The Balaban J connectivity index is 4.41. The third kappa shape index (κ3) is 43.3. The summed E-state index contributed by atoms with van der Waals surface area (Å²) in [4.78, 5) is 35.4. The number of likely N-dealkylation sites (N-methyl/N-ethyl adjacent to an activating group) is 1. The standard InChI is InChI=1S/C48H86NO8P/c1-6-8-10-12-14-16-18-20-22-24-26-28-30-32-34-36-38-40-47(50)54-44-46(45-56-58(52,53)55-43-42-49(3,4)5)57-48(51)41-39-37-35-33-31-29-27-25-23-21-19-17-15-13-11-9-7-2/h9,11,15,17,21,23,27,29,33,35,46H,6-8,10,12-14,16,18-20,22,24-26,28,30-32,34,36-45H2,1-5H3/p+1/b11-9-,17-15-,23-21-,29-27-,35-33-. The lowest BCUT2D eigenvalue weighted by Gasteiger charge is -2.24. The molecule has 0 radical (unpaired) electrons. The molecule has 1 N–H and O–H groups in total. The maximum absolute atomic E-state index is 12.7. The van der Waals surface area contributed by atoms with Gasteiger partial charge in [0.2, 0.25) is 0 Å². The number of quaternary nitrogens is 1. The van der Waals surface area contributed by atoms with E-state index in [4.69, 9.17) is 18.5 Å². The van der Waals surface area contributed by atoms with Gasteiger partial charge in [-0.15, -0.1) is 0 Å². The minimum Gasteiger partial charge on any atom is -0.462 e. The zero-order chi connectivity index (χ0) is 42.8. The van der Waals surface area contributed by atoms with E-state index in [9.17, 15) is 19.0 Å². The molecule has 0 aromatic heterocycles. The molecule has 0 saturated heterocycles. The molecule has 336 valence electrons. The molecule has 0 aromatic carbocycles. The Morgan fingerprint density at radius 3 is 1.45 bits per heavy atom. The van der Waals surface area contributed by atoms with Gasteiger partial charge in [0.1, 0.15) is 19.8 Å². The Morgan fingerprint density at radius 1 is 0.552 bits per heavy atom. The summed E-state index contributed by atoms with van der Waals surface area (Å²) in [5, 5.41) is 0. The molecular formula is C48H87NO8P+. The molecule has 0 amide bonds. The molecule has 0 aliphatic rings. The van der Waals surface area contributed by atoms with Crippen molar-refractivity contribution in [1.82, 2.24) is 0 Å². The van der Waals surface area contributed by atoms with Crippen LogP contribution in [0.15, 0.2) is 60.8 Å². The van der Waals surface area contributed by atoms with E-state index in [-0.39, 0.29) is 32.0 Å². The van der Waals surface area contributed by atoms with Crippen LogP contribution in [0.1, 0.15) is 181 Å². The van der Waals surface area contributed by atoms with E-state index in [1.807, 2.05) is 27.2 Å². The number of carbonyl (C=O) groups excluding carboxylic acids is 2. The highest BCUT2D eigenvalue weighted by Crippen LogP contribution is 2.43. The summed E-state index contributed by atoms with van der Waals surface area (Å²) >= 11 is 0. The molecular weight excluding hydrogens is 750 g/mol. The highest BCUT2D eigenvalue weighted by molar-refractivity contribution is 7.47. The van der Waals surface area contributed by atoms with E-state index in [2.05, 4.69) is 68.5 Å². The highest BCUT2D eigenvalue weighted by atomic mass is 31.2. The number of carbonyl (C=O) groups is 2. The summed E-state index contributed by atoms with van der Waals surface area (Å²) in [6, 6.07) is 0. The van der Waals surface area contributed by atoms with Gasteiger partial charge in [-0.1, -0.05) is 177 Å². The SMILES string of the molecule is CC/C=C\C/C=C\C/C=C\C/C=C\C/C=C\CCCC(=O)OC(COC(=O)CCCCCCCCCCCCCCCCCCC)COP(=O)(O)OCC[N+](C)(C)C. The van der Waals surface area contributed by atoms with Crippen molar-refractivity contribution in [1.29, 1.82) is 0 Å². The lowest BCUT2D eigenvalue weighted by molar-refractivity contribution is -0.870. The fraction of sp³-hybridized carbons (Fsp3) is 0.750. The van der Waals surface area contributed by atoms with E-state index in [1.165, 1.54) is 89.9 Å². The zero-order valence-corrected chi connectivity index (χ0v) is 38.7. The minimum atomic E-state index is -4.39. The van der Waals surface area contributed by atoms with Gasteiger partial charge in [-0.2, -0.15) is 0 Å². The first-order valence-electron chi connectivity index (χ1n) is 23.0. The van der Waals surface area contributed by atoms with Crippen molar-refractivity contribution < 1.29 is 42.1 Å². The number of unbranched alkanes of at least 4 members (excludes halogenated alkanes) is 17. The lowest BCUT2D eigenvalue weighted by Crippen LogP contribution is -2.37. The van der Waals surface area contributed by atoms with E-state index in [0.717, 1.165) is 51.4 Å². The van der Waals surface area contributed by atoms with Crippen LogP contribution in [0.2, 0.25) is 0 Å². The molecule has 0 bridgehead atoms. The molecule has 0 spiro atoms. The van der Waals surface area contributed by atoms with E-state index >= 15 is 0 Å². The average Bonchev–Trinajstić information content (AvgIpc) is 3.17. The summed E-state index contributed by atoms with van der Waals surface area (Å²) in [5.74, 6) is -0.865. The molecule has 0 saturated carbocycles. The Bertz CT molecular complexity index is 1170. The lowest BCUT2D eigenvalue weighted by atomic mass is 10.0. The van der Waals surface area contributed by atoms with Crippen LogP contribution >= 0.6 is 7.82 Å². The summed E-state index contributed by atoms with van der Waals surface area (Å²) < 4.78 is 34.3. The number of phosphoric acid groups is 1. The largest absolute Gasteiger partial charge is 0.472 e. The minimum absolute atomic E-state index is 0.0197. The van der Waals surface area contributed by atoms with Gasteiger partial charge in [0.25, 0.3) is 0 Å². The molecule has 9 nitrogen and oxygen atoms in total. The molecule has 2 unspecified atom stereocenters. The first kappa shape index (κ1) is 55.7. The van der Waals surface area contributed by atoms with Gasteiger partial charge in [-0.25, -0.2) is 4.57 Å².